The molecule has 0 unspecified atom stereocenters. The summed E-state index contributed by atoms with van der Waals surface area (Å²) < 4.78 is 29.7. The second-order valence-electron chi connectivity index (χ2n) is 7.00. The minimum absolute atomic E-state index is 0.393. The molecule has 4 rings (SSSR count). The van der Waals surface area contributed by atoms with Crippen LogP contribution in [-0.4, -0.2) is 35.2 Å². The number of benzene rings is 1. The predicted octanol–water partition coefficient (Wildman–Crippen LogP) is 3.43. The van der Waals surface area contributed by atoms with Crippen molar-refractivity contribution in [3.05, 3.63) is 60.0 Å². The minimum Gasteiger partial charge on any atom is -0.379 e. The maximum absolute atomic E-state index is 13.0. The van der Waals surface area contributed by atoms with Crippen LogP contribution in [0.4, 0.5) is 5.69 Å². The third kappa shape index (κ3) is 3.70. The number of pyridine rings is 1. The number of hydrogen-bond donors (Lipinski definition) is 1. The van der Waals surface area contributed by atoms with Crippen LogP contribution in [0.1, 0.15) is 30.5 Å². The third-order valence-electron chi connectivity index (χ3n) is 5.01. The van der Waals surface area contributed by atoms with E-state index in [1.54, 1.807) is 10.4 Å². The Hall–Kier alpha value is -2.38. The van der Waals surface area contributed by atoms with Crippen LogP contribution >= 0.6 is 0 Å². The Morgan fingerprint density at radius 2 is 1.93 bits per heavy atom. The van der Waals surface area contributed by atoms with Crippen LogP contribution < -0.4 is 5.32 Å². The maximum Gasteiger partial charge on any atom is 0.243 e. The molecule has 3 aromatic rings. The van der Waals surface area contributed by atoms with Crippen molar-refractivity contribution < 1.29 is 8.42 Å². The van der Waals surface area contributed by atoms with Crippen molar-refractivity contribution in [3.8, 4) is 0 Å². The van der Waals surface area contributed by atoms with Gasteiger partial charge in [-0.3, -0.25) is 0 Å². The van der Waals surface area contributed by atoms with Crippen LogP contribution in [0.15, 0.2) is 53.7 Å². The van der Waals surface area contributed by atoms with Gasteiger partial charge in [0.2, 0.25) is 10.0 Å². The molecule has 1 fully saturated rings. The summed E-state index contributed by atoms with van der Waals surface area (Å²) in [4.78, 5) is 4.96. The molecule has 2 aromatic heterocycles. The number of sulfonamides is 1. The minimum atomic E-state index is -3.45. The molecule has 0 atom stereocenters. The van der Waals surface area contributed by atoms with E-state index in [-0.39, 0.29) is 0 Å². The van der Waals surface area contributed by atoms with Gasteiger partial charge in [-0.2, -0.15) is 4.31 Å². The molecule has 0 radical (unpaired) electrons. The second kappa shape index (κ2) is 7.32. The van der Waals surface area contributed by atoms with Crippen LogP contribution in [-0.2, 0) is 16.6 Å². The molecule has 142 valence electrons. The summed E-state index contributed by atoms with van der Waals surface area (Å²) in [6.07, 6.45) is 6.91. The number of anilines is 1. The lowest BCUT2D eigenvalue weighted by molar-refractivity contribution is 0.346. The first-order valence-corrected chi connectivity index (χ1v) is 10.8. The van der Waals surface area contributed by atoms with Gasteiger partial charge < -0.3 is 9.72 Å². The molecule has 1 aliphatic heterocycles. The molecular weight excluding hydrogens is 360 g/mol. The fourth-order valence-electron chi connectivity index (χ4n) is 3.50. The molecule has 1 aliphatic rings. The number of imidazole rings is 1. The molecule has 0 amide bonds. The van der Waals surface area contributed by atoms with Crippen molar-refractivity contribution in [2.45, 2.75) is 37.6 Å². The van der Waals surface area contributed by atoms with E-state index in [1.165, 1.54) is 0 Å². The third-order valence-corrected chi connectivity index (χ3v) is 7.05. The van der Waals surface area contributed by atoms with Crippen molar-refractivity contribution in [1.29, 1.82) is 0 Å². The highest BCUT2D eigenvalue weighted by molar-refractivity contribution is 7.89. The van der Waals surface area contributed by atoms with Crippen molar-refractivity contribution >= 4 is 21.4 Å². The van der Waals surface area contributed by atoms with E-state index in [0.29, 0.717) is 24.5 Å². The Bertz CT molecular complexity index is 1020. The molecule has 3 heterocycles. The summed E-state index contributed by atoms with van der Waals surface area (Å²) in [7, 11) is -3.45. The van der Waals surface area contributed by atoms with Crippen molar-refractivity contribution in [2.24, 2.45) is 0 Å². The zero-order chi connectivity index (χ0) is 18.9. The summed E-state index contributed by atoms with van der Waals surface area (Å²) in [6.45, 7) is 3.61. The van der Waals surface area contributed by atoms with Crippen LogP contribution in [0, 0.1) is 6.92 Å². The van der Waals surface area contributed by atoms with Gasteiger partial charge in [0.05, 0.1) is 17.1 Å². The summed E-state index contributed by atoms with van der Waals surface area (Å²) in [5, 5.41) is 3.31. The second-order valence-corrected chi connectivity index (χ2v) is 8.90. The molecule has 6 nitrogen and oxygen atoms in total. The van der Waals surface area contributed by atoms with Gasteiger partial charge in [0.15, 0.2) is 0 Å². The predicted molar refractivity (Wildman–Crippen MR) is 106 cm³/mol. The van der Waals surface area contributed by atoms with Crippen LogP contribution in [0.2, 0.25) is 0 Å². The zero-order valence-corrected chi connectivity index (χ0v) is 16.2. The first-order valence-electron chi connectivity index (χ1n) is 9.31. The maximum atomic E-state index is 13.0. The highest BCUT2D eigenvalue weighted by Crippen LogP contribution is 2.26. The fraction of sp³-hybridized carbons (Fsp3) is 0.350. The Morgan fingerprint density at radius 1 is 1.11 bits per heavy atom. The van der Waals surface area contributed by atoms with Gasteiger partial charge in [-0.25, -0.2) is 13.4 Å². The molecule has 27 heavy (non-hydrogen) atoms. The Morgan fingerprint density at radius 3 is 2.70 bits per heavy atom. The summed E-state index contributed by atoms with van der Waals surface area (Å²) in [5.41, 5.74) is 3.36. The smallest absolute Gasteiger partial charge is 0.243 e. The van der Waals surface area contributed by atoms with Gasteiger partial charge in [0.25, 0.3) is 0 Å². The number of rotatable bonds is 5. The van der Waals surface area contributed by atoms with E-state index < -0.39 is 10.0 Å². The number of aromatic nitrogens is 2. The molecule has 7 heteroatoms. The molecule has 0 bridgehead atoms. The van der Waals surface area contributed by atoms with E-state index >= 15 is 0 Å². The number of hydrogen-bond acceptors (Lipinski definition) is 4. The van der Waals surface area contributed by atoms with Crippen molar-refractivity contribution in [3.63, 3.8) is 0 Å². The SMILES string of the molecule is Cc1ccc(NCc2cn3ccccc3n2)cc1S(=O)(=O)N1CCCCC1. The van der Waals surface area contributed by atoms with Crippen molar-refractivity contribution in [1.82, 2.24) is 13.7 Å². The number of piperidine rings is 1. The molecular formula is C20H24N4O2S. The van der Waals surface area contributed by atoms with E-state index in [4.69, 9.17) is 0 Å². The number of nitrogens with zero attached hydrogens (tertiary/aromatic N) is 3. The lowest BCUT2D eigenvalue weighted by Crippen LogP contribution is -2.36. The standard InChI is InChI=1S/C20H24N4O2S/c1-16-8-9-17(13-19(16)27(25,26)24-11-4-2-5-12-24)21-14-18-15-23-10-6-3-7-20(23)22-18/h3,6-10,13,15,21H,2,4-5,11-12,14H2,1H3. The average molecular weight is 385 g/mol. The zero-order valence-electron chi connectivity index (χ0n) is 15.4. The molecule has 1 aromatic carbocycles. The number of fused-ring (bicyclic) bond motifs is 1. The molecule has 0 aliphatic carbocycles. The van der Waals surface area contributed by atoms with E-state index in [2.05, 4.69) is 10.3 Å². The summed E-state index contributed by atoms with van der Waals surface area (Å²) in [6, 6.07) is 11.4. The van der Waals surface area contributed by atoms with E-state index in [9.17, 15) is 8.42 Å². The number of nitrogens with one attached hydrogen (secondary N) is 1. The average Bonchev–Trinajstić information content (AvgIpc) is 3.11. The fourth-order valence-corrected chi connectivity index (χ4v) is 5.27. The summed E-state index contributed by atoms with van der Waals surface area (Å²) >= 11 is 0. The summed E-state index contributed by atoms with van der Waals surface area (Å²) in [5.74, 6) is 0. The van der Waals surface area contributed by atoms with Crippen LogP contribution in [0.5, 0.6) is 0 Å². The largest absolute Gasteiger partial charge is 0.379 e. The van der Waals surface area contributed by atoms with Crippen molar-refractivity contribution in [2.75, 3.05) is 18.4 Å². The first kappa shape index (κ1) is 18.0. The molecule has 1 saturated heterocycles. The van der Waals surface area contributed by atoms with Crippen LogP contribution in [0.25, 0.3) is 5.65 Å². The van der Waals surface area contributed by atoms with Crippen LogP contribution in [0.3, 0.4) is 0 Å². The highest BCUT2D eigenvalue weighted by atomic mass is 32.2. The Kier molecular flexibility index (Phi) is 4.88. The lowest BCUT2D eigenvalue weighted by atomic mass is 10.2. The Balaban J connectivity index is 1.54. The van der Waals surface area contributed by atoms with Gasteiger partial charge >= 0.3 is 0 Å². The number of aryl methyl sites for hydroxylation is 1. The quantitative estimate of drug-likeness (QED) is 0.732. The molecule has 0 spiro atoms. The van der Waals surface area contributed by atoms with Gasteiger partial charge in [0, 0.05) is 31.2 Å². The lowest BCUT2D eigenvalue weighted by Gasteiger charge is -2.26. The highest BCUT2D eigenvalue weighted by Gasteiger charge is 2.27. The van der Waals surface area contributed by atoms with E-state index in [0.717, 1.165) is 41.9 Å². The van der Waals surface area contributed by atoms with Gasteiger partial charge in [-0.15, -0.1) is 0 Å². The monoisotopic (exact) mass is 384 g/mol. The van der Waals surface area contributed by atoms with Gasteiger partial charge in [-0.05, 0) is 49.6 Å². The van der Waals surface area contributed by atoms with Gasteiger partial charge in [0.1, 0.15) is 5.65 Å². The van der Waals surface area contributed by atoms with E-state index in [1.807, 2.05) is 54.0 Å². The molecule has 1 N–H and O–H groups in total. The molecule has 0 saturated carbocycles. The van der Waals surface area contributed by atoms with Gasteiger partial charge in [-0.1, -0.05) is 18.6 Å². The Labute approximate surface area is 159 Å². The normalized spacial score (nSPS) is 15.9. The first-order chi connectivity index (χ1) is 13.0. The topological polar surface area (TPSA) is 66.7 Å².